The highest BCUT2D eigenvalue weighted by atomic mass is 79.9. The van der Waals surface area contributed by atoms with E-state index in [0.29, 0.717) is 16.3 Å². The quantitative estimate of drug-likeness (QED) is 0.653. The number of amides is 1. The third-order valence-electron chi connectivity index (χ3n) is 3.93. The number of anilines is 1. The number of benzene rings is 1. The van der Waals surface area contributed by atoms with Crippen LogP contribution in [-0.4, -0.2) is 26.5 Å². The molecule has 0 aliphatic heterocycles. The van der Waals surface area contributed by atoms with Gasteiger partial charge in [0.25, 0.3) is 5.56 Å². The third-order valence-corrected chi connectivity index (χ3v) is 5.33. The molecule has 0 radical (unpaired) electrons. The van der Waals surface area contributed by atoms with E-state index in [9.17, 15) is 19.5 Å². The Morgan fingerprint density at radius 1 is 1.31 bits per heavy atom. The van der Waals surface area contributed by atoms with Crippen LogP contribution in [-0.2, 0) is 4.79 Å². The second-order valence-electron chi connectivity index (χ2n) is 5.64. The van der Waals surface area contributed by atoms with E-state index in [1.807, 2.05) is 0 Å². The van der Waals surface area contributed by atoms with Crippen LogP contribution in [0.15, 0.2) is 38.9 Å². The lowest BCUT2D eigenvalue weighted by Gasteiger charge is -2.17. The molecule has 1 amide bonds. The van der Waals surface area contributed by atoms with E-state index in [-0.39, 0.29) is 10.9 Å². The molecule has 0 bridgehead atoms. The smallest absolute Gasteiger partial charge is 0.337 e. The Bertz CT molecular complexity index is 1070. The molecule has 0 spiro atoms. The SMILES string of the molecule is Cc1nc2scc(C(=O)O)c2c(=O)n1C(C)C(=O)Nc1ccc(Br)cc1. The maximum absolute atomic E-state index is 12.9. The molecule has 0 saturated heterocycles. The van der Waals surface area contributed by atoms with Crippen LogP contribution in [0.2, 0.25) is 0 Å². The summed E-state index contributed by atoms with van der Waals surface area (Å²) in [5.74, 6) is -1.25. The Hall–Kier alpha value is -2.52. The molecule has 134 valence electrons. The van der Waals surface area contributed by atoms with Crippen molar-refractivity contribution in [1.29, 1.82) is 0 Å². The predicted molar refractivity (Wildman–Crippen MR) is 103 cm³/mol. The first-order valence-electron chi connectivity index (χ1n) is 7.59. The molecule has 3 rings (SSSR count). The summed E-state index contributed by atoms with van der Waals surface area (Å²) in [4.78, 5) is 41.4. The van der Waals surface area contributed by atoms with Gasteiger partial charge in [-0.15, -0.1) is 11.3 Å². The number of thiophene rings is 1. The fraction of sp³-hybridized carbons (Fsp3) is 0.176. The Kier molecular flexibility index (Phi) is 4.92. The standard InChI is InChI=1S/C17H14BrN3O4S/c1-8(14(22)20-11-5-3-10(18)4-6-11)21-9(2)19-15-13(16(21)23)12(7-26-15)17(24)25/h3-8H,1-2H3,(H,20,22)(H,24,25). The van der Waals surface area contributed by atoms with E-state index >= 15 is 0 Å². The van der Waals surface area contributed by atoms with Crippen LogP contribution < -0.4 is 10.9 Å². The predicted octanol–water partition coefficient (Wildman–Crippen LogP) is 3.43. The van der Waals surface area contributed by atoms with E-state index in [4.69, 9.17) is 0 Å². The first-order chi connectivity index (χ1) is 12.3. The number of rotatable bonds is 4. The van der Waals surface area contributed by atoms with Gasteiger partial charge in [0.1, 0.15) is 16.7 Å². The largest absolute Gasteiger partial charge is 0.478 e. The van der Waals surface area contributed by atoms with Crippen LogP contribution in [0.4, 0.5) is 5.69 Å². The fourth-order valence-electron chi connectivity index (χ4n) is 2.62. The van der Waals surface area contributed by atoms with E-state index in [0.717, 1.165) is 15.8 Å². The average Bonchev–Trinajstić information content (AvgIpc) is 3.01. The molecule has 1 unspecified atom stereocenters. The molecular weight excluding hydrogens is 422 g/mol. The van der Waals surface area contributed by atoms with Crippen LogP contribution in [0.1, 0.15) is 29.1 Å². The number of hydrogen-bond acceptors (Lipinski definition) is 5. The lowest BCUT2D eigenvalue weighted by molar-refractivity contribution is -0.118. The van der Waals surface area contributed by atoms with E-state index < -0.39 is 23.5 Å². The Morgan fingerprint density at radius 2 is 1.96 bits per heavy atom. The third kappa shape index (κ3) is 3.27. The van der Waals surface area contributed by atoms with Gasteiger partial charge in [0.2, 0.25) is 5.91 Å². The monoisotopic (exact) mass is 435 g/mol. The minimum atomic E-state index is -1.20. The molecule has 1 atom stereocenters. The summed E-state index contributed by atoms with van der Waals surface area (Å²) in [7, 11) is 0. The number of carboxylic acid groups (broad SMARTS) is 1. The lowest BCUT2D eigenvalue weighted by Crippen LogP contribution is -2.34. The maximum Gasteiger partial charge on any atom is 0.337 e. The molecule has 0 aliphatic rings. The second-order valence-corrected chi connectivity index (χ2v) is 7.41. The topological polar surface area (TPSA) is 101 Å². The lowest BCUT2D eigenvalue weighted by atomic mass is 10.2. The zero-order chi connectivity index (χ0) is 19.0. The number of carbonyl (C=O) groups is 2. The van der Waals surface area contributed by atoms with Crippen molar-refractivity contribution in [2.75, 3.05) is 5.32 Å². The highest BCUT2D eigenvalue weighted by Gasteiger charge is 2.23. The van der Waals surface area contributed by atoms with Crippen molar-refractivity contribution < 1.29 is 14.7 Å². The van der Waals surface area contributed by atoms with Gasteiger partial charge in [-0.25, -0.2) is 9.78 Å². The summed E-state index contributed by atoms with van der Waals surface area (Å²) in [6.07, 6.45) is 0. The van der Waals surface area contributed by atoms with Gasteiger partial charge in [-0.3, -0.25) is 14.2 Å². The first kappa shape index (κ1) is 18.3. The molecule has 1 aromatic carbocycles. The van der Waals surface area contributed by atoms with Gasteiger partial charge in [0, 0.05) is 15.5 Å². The first-order valence-corrected chi connectivity index (χ1v) is 9.27. The zero-order valence-corrected chi connectivity index (χ0v) is 16.2. The number of aromatic nitrogens is 2. The summed E-state index contributed by atoms with van der Waals surface area (Å²) >= 11 is 4.41. The number of aryl methyl sites for hydroxylation is 1. The van der Waals surface area contributed by atoms with Gasteiger partial charge in [0.15, 0.2) is 0 Å². The fourth-order valence-corrected chi connectivity index (χ4v) is 3.83. The molecule has 0 fully saturated rings. The van der Waals surface area contributed by atoms with Crippen molar-refractivity contribution in [2.24, 2.45) is 0 Å². The Morgan fingerprint density at radius 3 is 2.58 bits per heavy atom. The summed E-state index contributed by atoms with van der Waals surface area (Å²) < 4.78 is 2.10. The number of halogens is 1. The molecule has 7 nitrogen and oxygen atoms in total. The highest BCUT2D eigenvalue weighted by molar-refractivity contribution is 9.10. The highest BCUT2D eigenvalue weighted by Crippen LogP contribution is 2.23. The molecule has 9 heteroatoms. The number of nitrogens with zero attached hydrogens (tertiary/aromatic N) is 2. The Balaban J connectivity index is 2.02. The molecular formula is C17H14BrN3O4S. The van der Waals surface area contributed by atoms with Gasteiger partial charge in [-0.05, 0) is 38.1 Å². The molecule has 0 aliphatic carbocycles. The van der Waals surface area contributed by atoms with Crippen LogP contribution >= 0.6 is 27.3 Å². The average molecular weight is 436 g/mol. The Labute approximate surface area is 160 Å². The van der Waals surface area contributed by atoms with Gasteiger partial charge < -0.3 is 10.4 Å². The van der Waals surface area contributed by atoms with E-state index in [2.05, 4.69) is 26.2 Å². The molecule has 3 aromatic rings. The van der Waals surface area contributed by atoms with Crippen LogP contribution in [0, 0.1) is 6.92 Å². The number of hydrogen-bond donors (Lipinski definition) is 2. The summed E-state index contributed by atoms with van der Waals surface area (Å²) in [6, 6.07) is 6.18. The molecule has 26 heavy (non-hydrogen) atoms. The van der Waals surface area contributed by atoms with Crippen LogP contribution in [0.25, 0.3) is 10.2 Å². The van der Waals surface area contributed by atoms with E-state index in [1.165, 1.54) is 9.95 Å². The minimum Gasteiger partial charge on any atom is -0.478 e. The van der Waals surface area contributed by atoms with Crippen LogP contribution in [0.5, 0.6) is 0 Å². The van der Waals surface area contributed by atoms with Gasteiger partial charge in [0.05, 0.1) is 10.9 Å². The number of carbonyl (C=O) groups excluding carboxylic acids is 1. The normalized spacial score (nSPS) is 12.1. The molecule has 2 aromatic heterocycles. The van der Waals surface area contributed by atoms with Gasteiger partial charge in [-0.2, -0.15) is 0 Å². The van der Waals surface area contributed by atoms with Crippen molar-refractivity contribution in [1.82, 2.24) is 9.55 Å². The van der Waals surface area contributed by atoms with Gasteiger partial charge >= 0.3 is 5.97 Å². The summed E-state index contributed by atoms with van der Waals surface area (Å²) in [5, 5.41) is 13.4. The minimum absolute atomic E-state index is 0.0244. The maximum atomic E-state index is 12.9. The number of nitrogens with one attached hydrogen (secondary N) is 1. The number of carboxylic acids is 1. The van der Waals surface area contributed by atoms with Crippen molar-refractivity contribution in [3.05, 3.63) is 55.9 Å². The summed E-state index contributed by atoms with van der Waals surface area (Å²) in [5.41, 5.74) is -0.0482. The number of aromatic carboxylic acids is 1. The van der Waals surface area contributed by atoms with Crippen molar-refractivity contribution in [3.8, 4) is 0 Å². The van der Waals surface area contributed by atoms with Gasteiger partial charge in [-0.1, -0.05) is 15.9 Å². The summed E-state index contributed by atoms with van der Waals surface area (Å²) in [6.45, 7) is 3.19. The number of fused-ring (bicyclic) bond motifs is 1. The van der Waals surface area contributed by atoms with Crippen molar-refractivity contribution in [2.45, 2.75) is 19.9 Å². The van der Waals surface area contributed by atoms with Crippen LogP contribution in [0.3, 0.4) is 0 Å². The molecule has 0 saturated carbocycles. The van der Waals surface area contributed by atoms with Crippen molar-refractivity contribution >= 4 is 55.0 Å². The van der Waals surface area contributed by atoms with E-state index in [1.54, 1.807) is 38.1 Å². The molecule has 2 heterocycles. The zero-order valence-electron chi connectivity index (χ0n) is 13.8. The van der Waals surface area contributed by atoms with Crippen molar-refractivity contribution in [3.63, 3.8) is 0 Å². The second kappa shape index (κ2) is 7.00. The molecule has 2 N–H and O–H groups in total.